The molecule has 0 saturated heterocycles. The third-order valence-electron chi connectivity index (χ3n) is 2.07. The Morgan fingerprint density at radius 2 is 2.33 bits per heavy atom. The third kappa shape index (κ3) is 2.33. The van der Waals surface area contributed by atoms with Crippen molar-refractivity contribution in [2.45, 2.75) is 12.8 Å². The number of rotatable bonds is 3. The third-order valence-corrected chi connectivity index (χ3v) is 2.96. The molecule has 1 aliphatic rings. The molecule has 0 spiro atoms. The van der Waals surface area contributed by atoms with E-state index >= 15 is 0 Å². The van der Waals surface area contributed by atoms with Gasteiger partial charge in [0, 0.05) is 5.92 Å². The first kappa shape index (κ1) is 10.1. The molecule has 1 aliphatic carbocycles. The summed E-state index contributed by atoms with van der Waals surface area (Å²) in [6, 6.07) is 0. The Hall–Kier alpha value is -1.43. The lowest BCUT2D eigenvalue weighted by atomic mass is 10.4. The molecule has 80 valence electrons. The van der Waals surface area contributed by atoms with Gasteiger partial charge < -0.3 is 10.1 Å². The minimum absolute atomic E-state index is 0.0132. The maximum absolute atomic E-state index is 11.4. The van der Waals surface area contributed by atoms with Crippen molar-refractivity contribution in [1.29, 1.82) is 0 Å². The number of carbonyl (C=O) groups excluding carboxylic acids is 2. The summed E-state index contributed by atoms with van der Waals surface area (Å²) in [7, 11) is 1.31. The van der Waals surface area contributed by atoms with Gasteiger partial charge in [-0.25, -0.2) is 9.78 Å². The molecule has 0 unspecified atom stereocenters. The summed E-state index contributed by atoms with van der Waals surface area (Å²) in [6.45, 7) is 0. The lowest BCUT2D eigenvalue weighted by molar-refractivity contribution is -0.117. The number of esters is 1. The summed E-state index contributed by atoms with van der Waals surface area (Å²) < 4.78 is 4.53. The Labute approximate surface area is 90.5 Å². The zero-order chi connectivity index (χ0) is 10.8. The summed E-state index contributed by atoms with van der Waals surface area (Å²) in [5, 5.41) is 3.12. The van der Waals surface area contributed by atoms with Gasteiger partial charge in [-0.1, -0.05) is 11.3 Å². The molecular weight excluding hydrogens is 216 g/mol. The quantitative estimate of drug-likeness (QED) is 0.788. The Kier molecular flexibility index (Phi) is 2.68. The summed E-state index contributed by atoms with van der Waals surface area (Å²) >= 11 is 1.12. The SMILES string of the molecule is COC(=O)c1cnc(NC(=O)C2CC2)s1. The second-order valence-electron chi connectivity index (χ2n) is 3.28. The summed E-state index contributed by atoms with van der Waals surface area (Å²) in [5.74, 6) is -0.310. The molecule has 5 nitrogen and oxygen atoms in total. The predicted molar refractivity (Wildman–Crippen MR) is 54.8 cm³/mol. The Balaban J connectivity index is 2.00. The molecule has 1 heterocycles. The molecule has 2 rings (SSSR count). The molecule has 0 aromatic carbocycles. The number of hydrogen-bond donors (Lipinski definition) is 1. The van der Waals surface area contributed by atoms with Crippen LogP contribution in [0.15, 0.2) is 6.20 Å². The van der Waals surface area contributed by atoms with Gasteiger partial charge in [-0.15, -0.1) is 0 Å². The van der Waals surface area contributed by atoms with E-state index in [1.165, 1.54) is 13.3 Å². The number of carbonyl (C=O) groups is 2. The molecule has 0 atom stereocenters. The van der Waals surface area contributed by atoms with Gasteiger partial charge in [-0.2, -0.15) is 0 Å². The maximum Gasteiger partial charge on any atom is 0.349 e. The summed E-state index contributed by atoms with van der Waals surface area (Å²) in [6.07, 6.45) is 3.29. The van der Waals surface area contributed by atoms with Crippen molar-refractivity contribution in [3.63, 3.8) is 0 Å². The van der Waals surface area contributed by atoms with Crippen LogP contribution in [-0.2, 0) is 9.53 Å². The van der Waals surface area contributed by atoms with E-state index in [0.717, 1.165) is 24.2 Å². The van der Waals surface area contributed by atoms with Gasteiger partial charge in [0.2, 0.25) is 5.91 Å². The highest BCUT2D eigenvalue weighted by molar-refractivity contribution is 7.17. The Bertz CT molecular complexity index is 398. The zero-order valence-corrected chi connectivity index (χ0v) is 8.97. The van der Waals surface area contributed by atoms with Crippen molar-refractivity contribution in [1.82, 2.24) is 4.98 Å². The number of ether oxygens (including phenoxy) is 1. The van der Waals surface area contributed by atoms with Gasteiger partial charge in [0.05, 0.1) is 13.3 Å². The van der Waals surface area contributed by atoms with Gasteiger partial charge in [0.1, 0.15) is 4.88 Å². The smallest absolute Gasteiger partial charge is 0.349 e. The first-order valence-electron chi connectivity index (χ1n) is 4.55. The van der Waals surface area contributed by atoms with E-state index in [2.05, 4.69) is 15.0 Å². The van der Waals surface area contributed by atoms with Crippen molar-refractivity contribution in [2.24, 2.45) is 5.92 Å². The monoisotopic (exact) mass is 226 g/mol. The van der Waals surface area contributed by atoms with Crippen LogP contribution < -0.4 is 5.32 Å². The van der Waals surface area contributed by atoms with Crippen molar-refractivity contribution in [3.8, 4) is 0 Å². The molecule has 1 aromatic heterocycles. The molecule has 0 aliphatic heterocycles. The molecule has 0 bridgehead atoms. The van der Waals surface area contributed by atoms with E-state index in [4.69, 9.17) is 0 Å². The van der Waals surface area contributed by atoms with Gasteiger partial charge >= 0.3 is 5.97 Å². The number of hydrogen-bond acceptors (Lipinski definition) is 5. The fourth-order valence-corrected chi connectivity index (χ4v) is 1.82. The zero-order valence-electron chi connectivity index (χ0n) is 8.15. The van der Waals surface area contributed by atoms with Crippen LogP contribution in [0.3, 0.4) is 0 Å². The first-order chi connectivity index (χ1) is 7.20. The number of amides is 1. The number of thiazole rings is 1. The predicted octanol–water partition coefficient (Wildman–Crippen LogP) is 1.28. The van der Waals surface area contributed by atoms with Crippen molar-refractivity contribution < 1.29 is 14.3 Å². The average Bonchev–Trinajstić information content (AvgIpc) is 2.99. The maximum atomic E-state index is 11.4. The highest BCUT2D eigenvalue weighted by Crippen LogP contribution is 2.30. The number of aromatic nitrogens is 1. The van der Waals surface area contributed by atoms with E-state index in [1.54, 1.807) is 0 Å². The molecule has 1 N–H and O–H groups in total. The van der Waals surface area contributed by atoms with Gasteiger partial charge in [-0.3, -0.25) is 4.79 Å². The van der Waals surface area contributed by atoms with Crippen molar-refractivity contribution >= 4 is 28.3 Å². The van der Waals surface area contributed by atoms with Crippen LogP contribution >= 0.6 is 11.3 Å². The highest BCUT2D eigenvalue weighted by atomic mass is 32.1. The fraction of sp³-hybridized carbons (Fsp3) is 0.444. The lowest BCUT2D eigenvalue weighted by Crippen LogP contribution is -2.12. The van der Waals surface area contributed by atoms with Gasteiger partial charge in [0.25, 0.3) is 0 Å². The van der Waals surface area contributed by atoms with Crippen molar-refractivity contribution in [3.05, 3.63) is 11.1 Å². The van der Waals surface area contributed by atoms with Crippen LogP contribution in [0.4, 0.5) is 5.13 Å². The second-order valence-corrected chi connectivity index (χ2v) is 4.32. The highest BCUT2D eigenvalue weighted by Gasteiger charge is 2.30. The summed E-state index contributed by atoms with van der Waals surface area (Å²) in [5.41, 5.74) is 0. The largest absolute Gasteiger partial charge is 0.465 e. The van der Waals surface area contributed by atoms with Gasteiger partial charge in [-0.05, 0) is 12.8 Å². The van der Waals surface area contributed by atoms with Gasteiger partial charge in [0.15, 0.2) is 5.13 Å². The van der Waals surface area contributed by atoms with E-state index in [9.17, 15) is 9.59 Å². The molecule has 0 radical (unpaired) electrons. The molecular formula is C9H10N2O3S. The van der Waals surface area contributed by atoms with Crippen LogP contribution in [0.1, 0.15) is 22.5 Å². The van der Waals surface area contributed by atoms with E-state index in [-0.39, 0.29) is 11.8 Å². The van der Waals surface area contributed by atoms with Crippen molar-refractivity contribution in [2.75, 3.05) is 12.4 Å². The molecule has 15 heavy (non-hydrogen) atoms. The van der Waals surface area contributed by atoms with Crippen LogP contribution in [0, 0.1) is 5.92 Å². The van der Waals surface area contributed by atoms with E-state index < -0.39 is 5.97 Å². The second kappa shape index (κ2) is 3.98. The lowest BCUT2D eigenvalue weighted by Gasteiger charge is -1.97. The van der Waals surface area contributed by atoms with Crippen LogP contribution in [0.5, 0.6) is 0 Å². The van der Waals surface area contributed by atoms with E-state index in [1.807, 2.05) is 0 Å². The minimum atomic E-state index is -0.431. The number of methoxy groups -OCH3 is 1. The fourth-order valence-electron chi connectivity index (χ4n) is 1.08. The molecule has 1 aromatic rings. The summed E-state index contributed by atoms with van der Waals surface area (Å²) in [4.78, 5) is 26.8. The molecule has 6 heteroatoms. The standard InChI is InChI=1S/C9H10N2O3S/c1-14-8(13)6-4-10-9(15-6)11-7(12)5-2-3-5/h4-5H,2-3H2,1H3,(H,10,11,12). The molecule has 1 amide bonds. The van der Waals surface area contributed by atoms with Crippen LogP contribution in [0.2, 0.25) is 0 Å². The van der Waals surface area contributed by atoms with E-state index in [0.29, 0.717) is 10.0 Å². The number of nitrogens with one attached hydrogen (secondary N) is 1. The topological polar surface area (TPSA) is 68.3 Å². The molecule has 1 fully saturated rings. The Morgan fingerprint density at radius 3 is 2.93 bits per heavy atom. The average molecular weight is 226 g/mol. The Morgan fingerprint density at radius 1 is 1.60 bits per heavy atom. The normalized spacial score (nSPS) is 14.7. The van der Waals surface area contributed by atoms with Crippen LogP contribution in [-0.4, -0.2) is 24.0 Å². The molecule has 1 saturated carbocycles. The van der Waals surface area contributed by atoms with Crippen LogP contribution in [0.25, 0.3) is 0 Å². The number of nitrogens with zero attached hydrogens (tertiary/aromatic N) is 1. The minimum Gasteiger partial charge on any atom is -0.465 e. The number of anilines is 1. The first-order valence-corrected chi connectivity index (χ1v) is 5.37.